The highest BCUT2D eigenvalue weighted by Crippen LogP contribution is 2.39. The van der Waals surface area contributed by atoms with Crippen molar-refractivity contribution < 1.29 is 9.53 Å². The molecule has 2 aliphatic heterocycles. The van der Waals surface area contributed by atoms with Crippen LogP contribution in [0.1, 0.15) is 53.0 Å². The summed E-state index contributed by atoms with van der Waals surface area (Å²) in [5, 5.41) is 11.1. The molecule has 27 heavy (non-hydrogen) atoms. The van der Waals surface area contributed by atoms with E-state index in [1.54, 1.807) is 0 Å². The van der Waals surface area contributed by atoms with Gasteiger partial charge in [-0.25, -0.2) is 0 Å². The van der Waals surface area contributed by atoms with E-state index in [1.165, 1.54) is 12.8 Å². The van der Waals surface area contributed by atoms with Crippen molar-refractivity contribution in [2.24, 2.45) is 0 Å². The maximum Gasteiger partial charge on any atom is 0.272 e. The van der Waals surface area contributed by atoms with E-state index in [9.17, 15) is 4.79 Å². The number of hydrogen-bond donors (Lipinski definition) is 2. The molecule has 1 amide bonds. The fraction of sp³-hybridized carbons (Fsp3) is 0.500. The Kier molecular flexibility index (Phi) is 4.42. The third kappa shape index (κ3) is 3.61. The molecule has 1 saturated carbocycles. The van der Waals surface area contributed by atoms with Crippen LogP contribution in [0.2, 0.25) is 5.02 Å². The predicted molar refractivity (Wildman–Crippen MR) is 102 cm³/mol. The SMILES string of the molecule is O=C(N[C@@H]1C[C@H]2CO[C@@H](c3ccc(Cl)cc3)CN2C1)c1cc(C2CC2)[nH]n1. The third-order valence-electron chi connectivity index (χ3n) is 5.84. The summed E-state index contributed by atoms with van der Waals surface area (Å²) in [5.41, 5.74) is 2.73. The number of fused-ring (bicyclic) bond motifs is 1. The molecule has 5 rings (SSSR count). The maximum absolute atomic E-state index is 12.5. The molecule has 0 bridgehead atoms. The van der Waals surface area contributed by atoms with Crippen molar-refractivity contribution in [3.05, 3.63) is 52.3 Å². The number of halogens is 1. The van der Waals surface area contributed by atoms with Gasteiger partial charge in [0.2, 0.25) is 0 Å². The fourth-order valence-corrected chi connectivity index (χ4v) is 4.30. The van der Waals surface area contributed by atoms with Gasteiger partial charge in [0, 0.05) is 41.8 Å². The van der Waals surface area contributed by atoms with Crippen LogP contribution in [0.25, 0.3) is 0 Å². The molecule has 6 nitrogen and oxygen atoms in total. The zero-order valence-electron chi connectivity index (χ0n) is 15.0. The van der Waals surface area contributed by atoms with E-state index in [1.807, 2.05) is 30.3 Å². The lowest BCUT2D eigenvalue weighted by Crippen LogP contribution is -2.43. The van der Waals surface area contributed by atoms with E-state index in [0.717, 1.165) is 35.8 Å². The molecule has 2 aromatic rings. The Bertz CT molecular complexity index is 833. The lowest BCUT2D eigenvalue weighted by Gasteiger charge is -2.35. The van der Waals surface area contributed by atoms with Crippen LogP contribution < -0.4 is 5.32 Å². The number of nitrogens with one attached hydrogen (secondary N) is 2. The van der Waals surface area contributed by atoms with Crippen LogP contribution in [-0.2, 0) is 4.74 Å². The number of H-pyrrole nitrogens is 1. The van der Waals surface area contributed by atoms with Crippen LogP contribution in [0, 0.1) is 0 Å². The Morgan fingerprint density at radius 2 is 2.07 bits per heavy atom. The molecule has 1 aromatic heterocycles. The summed E-state index contributed by atoms with van der Waals surface area (Å²) in [4.78, 5) is 14.9. The predicted octanol–water partition coefficient (Wildman–Crippen LogP) is 2.88. The molecule has 3 fully saturated rings. The Morgan fingerprint density at radius 1 is 1.26 bits per heavy atom. The van der Waals surface area contributed by atoms with Gasteiger partial charge in [-0.15, -0.1) is 0 Å². The number of aromatic amines is 1. The van der Waals surface area contributed by atoms with Crippen molar-refractivity contribution in [2.75, 3.05) is 19.7 Å². The smallest absolute Gasteiger partial charge is 0.272 e. The Balaban J connectivity index is 1.19. The first kappa shape index (κ1) is 17.2. The molecule has 2 saturated heterocycles. The van der Waals surface area contributed by atoms with E-state index >= 15 is 0 Å². The molecule has 1 aliphatic carbocycles. The van der Waals surface area contributed by atoms with Crippen molar-refractivity contribution in [1.82, 2.24) is 20.4 Å². The monoisotopic (exact) mass is 386 g/mol. The minimum Gasteiger partial charge on any atom is -0.371 e. The van der Waals surface area contributed by atoms with Gasteiger partial charge in [0.15, 0.2) is 0 Å². The summed E-state index contributed by atoms with van der Waals surface area (Å²) in [6.45, 7) is 2.38. The normalized spacial score (nSPS) is 28.1. The van der Waals surface area contributed by atoms with E-state index in [-0.39, 0.29) is 18.1 Å². The number of ether oxygens (including phenoxy) is 1. The van der Waals surface area contributed by atoms with E-state index < -0.39 is 0 Å². The van der Waals surface area contributed by atoms with Gasteiger partial charge < -0.3 is 10.1 Å². The maximum atomic E-state index is 12.5. The average molecular weight is 387 g/mol. The quantitative estimate of drug-likeness (QED) is 0.847. The number of benzene rings is 1. The summed E-state index contributed by atoms with van der Waals surface area (Å²) in [6.07, 6.45) is 3.36. The first-order chi connectivity index (χ1) is 13.2. The van der Waals surface area contributed by atoms with Gasteiger partial charge in [0.25, 0.3) is 5.91 Å². The Morgan fingerprint density at radius 3 is 2.85 bits per heavy atom. The van der Waals surface area contributed by atoms with Gasteiger partial charge in [-0.05, 0) is 43.0 Å². The second-order valence-electron chi connectivity index (χ2n) is 7.87. The molecule has 7 heteroatoms. The van der Waals surface area contributed by atoms with Crippen LogP contribution in [0.5, 0.6) is 0 Å². The minimum absolute atomic E-state index is 0.0559. The van der Waals surface area contributed by atoms with E-state index in [0.29, 0.717) is 24.3 Å². The van der Waals surface area contributed by atoms with Gasteiger partial charge >= 0.3 is 0 Å². The lowest BCUT2D eigenvalue weighted by atomic mass is 10.1. The zero-order chi connectivity index (χ0) is 18.4. The summed E-state index contributed by atoms with van der Waals surface area (Å²) in [5.74, 6) is 0.486. The van der Waals surface area contributed by atoms with Crippen molar-refractivity contribution in [3.63, 3.8) is 0 Å². The molecular weight excluding hydrogens is 364 g/mol. The highest BCUT2D eigenvalue weighted by Gasteiger charge is 2.38. The lowest BCUT2D eigenvalue weighted by molar-refractivity contribution is -0.0502. The Labute approximate surface area is 163 Å². The van der Waals surface area contributed by atoms with Gasteiger partial charge in [-0.1, -0.05) is 23.7 Å². The molecule has 0 unspecified atom stereocenters. The standard InChI is InChI=1S/C20H23ClN4O2/c21-14-5-3-13(4-6-14)19-10-25-9-15(7-16(25)11-27-19)22-20(26)18-8-17(23-24-18)12-1-2-12/h3-6,8,12,15-16,19H,1-2,7,9-11H2,(H,22,26)(H,23,24)/t15-,16+,19-/m1/s1. The van der Waals surface area contributed by atoms with Crippen molar-refractivity contribution in [1.29, 1.82) is 0 Å². The van der Waals surface area contributed by atoms with Gasteiger partial charge in [0.1, 0.15) is 5.69 Å². The number of carbonyl (C=O) groups is 1. The number of nitrogens with zero attached hydrogens (tertiary/aromatic N) is 2. The molecular formula is C20H23ClN4O2. The molecule has 142 valence electrons. The first-order valence-electron chi connectivity index (χ1n) is 9.63. The number of rotatable bonds is 4. The second-order valence-corrected chi connectivity index (χ2v) is 8.31. The number of aromatic nitrogens is 2. The number of hydrogen-bond acceptors (Lipinski definition) is 4. The fourth-order valence-electron chi connectivity index (χ4n) is 4.17. The average Bonchev–Trinajstić information content (AvgIpc) is 3.25. The van der Waals surface area contributed by atoms with E-state index in [4.69, 9.17) is 16.3 Å². The molecule has 2 N–H and O–H groups in total. The highest BCUT2D eigenvalue weighted by atomic mass is 35.5. The molecule has 0 radical (unpaired) electrons. The summed E-state index contributed by atoms with van der Waals surface area (Å²) < 4.78 is 6.08. The molecule has 1 aromatic carbocycles. The summed E-state index contributed by atoms with van der Waals surface area (Å²) in [7, 11) is 0. The molecule has 3 aliphatic rings. The number of carbonyl (C=O) groups excluding carboxylic acids is 1. The van der Waals surface area contributed by atoms with Gasteiger partial charge in [-0.3, -0.25) is 14.8 Å². The Hall–Kier alpha value is -1.89. The highest BCUT2D eigenvalue weighted by molar-refractivity contribution is 6.30. The first-order valence-corrected chi connectivity index (χ1v) is 10.0. The van der Waals surface area contributed by atoms with Crippen LogP contribution >= 0.6 is 11.6 Å². The zero-order valence-corrected chi connectivity index (χ0v) is 15.8. The van der Waals surface area contributed by atoms with Crippen LogP contribution in [0.3, 0.4) is 0 Å². The molecule has 0 spiro atoms. The largest absolute Gasteiger partial charge is 0.371 e. The van der Waals surface area contributed by atoms with E-state index in [2.05, 4.69) is 20.4 Å². The van der Waals surface area contributed by atoms with Crippen molar-refractivity contribution >= 4 is 17.5 Å². The number of amides is 1. The van der Waals surface area contributed by atoms with Crippen LogP contribution in [0.15, 0.2) is 30.3 Å². The summed E-state index contributed by atoms with van der Waals surface area (Å²) >= 11 is 5.98. The topological polar surface area (TPSA) is 70.2 Å². The molecule has 3 atom stereocenters. The third-order valence-corrected chi connectivity index (χ3v) is 6.09. The molecule has 3 heterocycles. The van der Waals surface area contributed by atoms with Gasteiger partial charge in [0.05, 0.1) is 12.7 Å². The second kappa shape index (κ2) is 6.93. The number of morpholine rings is 1. The van der Waals surface area contributed by atoms with Crippen molar-refractivity contribution in [2.45, 2.75) is 43.4 Å². The van der Waals surface area contributed by atoms with Crippen LogP contribution in [0.4, 0.5) is 0 Å². The van der Waals surface area contributed by atoms with Crippen molar-refractivity contribution in [3.8, 4) is 0 Å². The minimum atomic E-state index is -0.0850. The summed E-state index contributed by atoms with van der Waals surface area (Å²) in [6, 6.07) is 10.2. The van der Waals surface area contributed by atoms with Gasteiger partial charge in [-0.2, -0.15) is 5.10 Å². The van der Waals surface area contributed by atoms with Crippen LogP contribution in [-0.4, -0.2) is 52.8 Å².